The molecule has 0 radical (unpaired) electrons. The molecule has 5 nitrogen and oxygen atoms in total. The van der Waals surface area contributed by atoms with Crippen molar-refractivity contribution < 1.29 is 19.1 Å². The molecule has 1 aliphatic rings. The zero-order chi connectivity index (χ0) is 15.4. The Morgan fingerprint density at radius 1 is 0.909 bits per heavy atom. The normalized spacial score (nSPS) is 12.5. The SMILES string of the molecule is O=C(CNC(=O)c1ccc2c(c1)OCCO2)c1ccccc1. The first kappa shape index (κ1) is 14.1. The molecule has 2 aromatic carbocycles. The standard InChI is InChI=1S/C17H15NO4/c19-14(12-4-2-1-3-5-12)11-18-17(20)13-6-7-15-16(10-13)22-9-8-21-15/h1-7,10H,8-9,11H2,(H,18,20). The first-order valence-electron chi connectivity index (χ1n) is 7.00. The number of ketones is 1. The van der Waals surface area contributed by atoms with Crippen molar-refractivity contribution in [1.82, 2.24) is 5.32 Å². The second kappa shape index (κ2) is 6.30. The van der Waals surface area contributed by atoms with Crippen LogP contribution in [-0.4, -0.2) is 31.4 Å². The number of nitrogens with one attached hydrogen (secondary N) is 1. The third kappa shape index (κ3) is 3.09. The topological polar surface area (TPSA) is 64.6 Å². The Hall–Kier alpha value is -2.82. The van der Waals surface area contributed by atoms with E-state index in [1.165, 1.54) is 0 Å². The van der Waals surface area contributed by atoms with Crippen molar-refractivity contribution in [3.8, 4) is 11.5 Å². The van der Waals surface area contributed by atoms with E-state index in [1.54, 1.807) is 42.5 Å². The van der Waals surface area contributed by atoms with Gasteiger partial charge in [-0.1, -0.05) is 30.3 Å². The Bertz CT molecular complexity index is 697. The number of benzene rings is 2. The van der Waals surface area contributed by atoms with Gasteiger partial charge in [-0.25, -0.2) is 0 Å². The summed E-state index contributed by atoms with van der Waals surface area (Å²) >= 11 is 0. The minimum Gasteiger partial charge on any atom is -0.486 e. The lowest BCUT2D eigenvalue weighted by atomic mass is 10.1. The van der Waals surface area contributed by atoms with Gasteiger partial charge in [-0.2, -0.15) is 0 Å². The molecule has 0 aliphatic carbocycles. The van der Waals surface area contributed by atoms with Gasteiger partial charge >= 0.3 is 0 Å². The minimum atomic E-state index is -0.318. The molecule has 1 heterocycles. The maximum Gasteiger partial charge on any atom is 0.251 e. The van der Waals surface area contributed by atoms with Gasteiger partial charge in [0.05, 0.1) is 6.54 Å². The van der Waals surface area contributed by atoms with Crippen LogP contribution in [0.3, 0.4) is 0 Å². The molecule has 0 atom stereocenters. The molecule has 0 saturated carbocycles. The second-order valence-electron chi connectivity index (χ2n) is 4.83. The first-order chi connectivity index (χ1) is 10.7. The minimum absolute atomic E-state index is 0.0444. The number of ether oxygens (including phenoxy) is 2. The summed E-state index contributed by atoms with van der Waals surface area (Å²) in [6.07, 6.45) is 0. The molecule has 3 rings (SSSR count). The number of hydrogen-bond donors (Lipinski definition) is 1. The molecule has 0 spiro atoms. The van der Waals surface area contributed by atoms with Crippen molar-refractivity contribution in [3.05, 3.63) is 59.7 Å². The largest absolute Gasteiger partial charge is 0.486 e. The van der Waals surface area contributed by atoms with Gasteiger partial charge in [-0.15, -0.1) is 0 Å². The average Bonchev–Trinajstić information content (AvgIpc) is 2.59. The van der Waals surface area contributed by atoms with E-state index >= 15 is 0 Å². The van der Waals surface area contributed by atoms with Gasteiger partial charge in [0.1, 0.15) is 13.2 Å². The third-order valence-electron chi connectivity index (χ3n) is 3.31. The summed E-state index contributed by atoms with van der Waals surface area (Å²) in [6, 6.07) is 13.8. The van der Waals surface area contributed by atoms with Gasteiger partial charge in [0, 0.05) is 11.1 Å². The summed E-state index contributed by atoms with van der Waals surface area (Å²) in [5.41, 5.74) is 1.01. The number of carbonyl (C=O) groups is 2. The van der Waals surface area contributed by atoms with Crippen LogP contribution in [-0.2, 0) is 0 Å². The molecule has 1 N–H and O–H groups in total. The molecule has 0 aromatic heterocycles. The zero-order valence-corrected chi connectivity index (χ0v) is 11.9. The summed E-state index contributed by atoms with van der Waals surface area (Å²) in [4.78, 5) is 24.1. The zero-order valence-electron chi connectivity index (χ0n) is 11.9. The molecule has 1 aliphatic heterocycles. The average molecular weight is 297 g/mol. The molecule has 0 fully saturated rings. The van der Waals surface area contributed by atoms with Gasteiger partial charge in [0.2, 0.25) is 0 Å². The lowest BCUT2D eigenvalue weighted by Crippen LogP contribution is -2.29. The molecule has 22 heavy (non-hydrogen) atoms. The van der Waals surface area contributed by atoms with E-state index in [1.807, 2.05) is 6.07 Å². The van der Waals surface area contributed by atoms with Crippen molar-refractivity contribution in [2.45, 2.75) is 0 Å². The van der Waals surface area contributed by atoms with Gasteiger partial charge < -0.3 is 14.8 Å². The van der Waals surface area contributed by atoms with Gasteiger partial charge in [0.25, 0.3) is 5.91 Å². The number of Topliss-reactive ketones (excluding diaryl/α,β-unsaturated/α-hetero) is 1. The number of fused-ring (bicyclic) bond motifs is 1. The summed E-state index contributed by atoms with van der Waals surface area (Å²) in [6.45, 7) is 0.923. The Morgan fingerprint density at radius 2 is 1.64 bits per heavy atom. The molecule has 112 valence electrons. The van der Waals surface area contributed by atoms with Crippen LogP contribution in [0.15, 0.2) is 48.5 Å². The van der Waals surface area contributed by atoms with Crippen LogP contribution in [0.25, 0.3) is 0 Å². The van der Waals surface area contributed by atoms with E-state index in [0.29, 0.717) is 35.8 Å². The highest BCUT2D eigenvalue weighted by molar-refractivity contribution is 6.02. The maximum atomic E-state index is 12.1. The smallest absolute Gasteiger partial charge is 0.251 e. The fraction of sp³-hybridized carbons (Fsp3) is 0.176. The summed E-state index contributed by atoms with van der Waals surface area (Å²) < 4.78 is 10.8. The molecular formula is C17H15NO4. The summed E-state index contributed by atoms with van der Waals surface area (Å²) in [5, 5.41) is 2.62. The fourth-order valence-corrected chi connectivity index (χ4v) is 2.17. The monoisotopic (exact) mass is 297 g/mol. The van der Waals surface area contributed by atoms with Gasteiger partial charge in [-0.3, -0.25) is 9.59 Å². The molecule has 2 aromatic rings. The fourth-order valence-electron chi connectivity index (χ4n) is 2.17. The van der Waals surface area contributed by atoms with Crippen LogP contribution in [0.4, 0.5) is 0 Å². The maximum absolute atomic E-state index is 12.1. The summed E-state index contributed by atoms with van der Waals surface area (Å²) in [5.74, 6) is 0.726. The number of amides is 1. The molecular weight excluding hydrogens is 282 g/mol. The Kier molecular flexibility index (Phi) is 4.05. The highest BCUT2D eigenvalue weighted by Gasteiger charge is 2.15. The van der Waals surface area contributed by atoms with Crippen molar-refractivity contribution >= 4 is 11.7 Å². The van der Waals surface area contributed by atoms with Crippen molar-refractivity contribution in [3.63, 3.8) is 0 Å². The van der Waals surface area contributed by atoms with Crippen LogP contribution in [0.2, 0.25) is 0 Å². The Morgan fingerprint density at radius 3 is 2.41 bits per heavy atom. The van der Waals surface area contributed by atoms with E-state index in [2.05, 4.69) is 5.32 Å². The van der Waals surface area contributed by atoms with Crippen LogP contribution >= 0.6 is 0 Å². The second-order valence-corrected chi connectivity index (χ2v) is 4.83. The Balaban J connectivity index is 1.64. The van der Waals surface area contributed by atoms with E-state index < -0.39 is 0 Å². The predicted molar refractivity (Wildman–Crippen MR) is 80.5 cm³/mol. The molecule has 0 unspecified atom stereocenters. The number of rotatable bonds is 4. The van der Waals surface area contributed by atoms with Crippen molar-refractivity contribution in [2.24, 2.45) is 0 Å². The quantitative estimate of drug-likeness (QED) is 0.877. The van der Waals surface area contributed by atoms with Crippen molar-refractivity contribution in [1.29, 1.82) is 0 Å². The van der Waals surface area contributed by atoms with Gasteiger partial charge in [0.15, 0.2) is 17.3 Å². The van der Waals surface area contributed by atoms with Crippen LogP contribution in [0.5, 0.6) is 11.5 Å². The number of hydrogen-bond acceptors (Lipinski definition) is 4. The van der Waals surface area contributed by atoms with E-state index in [-0.39, 0.29) is 18.2 Å². The molecule has 0 saturated heterocycles. The van der Waals surface area contributed by atoms with Crippen LogP contribution in [0, 0.1) is 0 Å². The highest BCUT2D eigenvalue weighted by Crippen LogP contribution is 2.30. The van der Waals surface area contributed by atoms with E-state index in [0.717, 1.165) is 0 Å². The van der Waals surface area contributed by atoms with Crippen LogP contribution in [0.1, 0.15) is 20.7 Å². The van der Waals surface area contributed by atoms with E-state index in [9.17, 15) is 9.59 Å². The number of carbonyl (C=O) groups excluding carboxylic acids is 2. The first-order valence-corrected chi connectivity index (χ1v) is 7.00. The predicted octanol–water partition coefficient (Wildman–Crippen LogP) is 2.07. The lowest BCUT2D eigenvalue weighted by Gasteiger charge is -2.18. The van der Waals surface area contributed by atoms with Crippen LogP contribution < -0.4 is 14.8 Å². The molecule has 5 heteroatoms. The highest BCUT2D eigenvalue weighted by atomic mass is 16.6. The molecule has 1 amide bonds. The summed E-state index contributed by atoms with van der Waals surface area (Å²) in [7, 11) is 0. The van der Waals surface area contributed by atoms with Crippen molar-refractivity contribution in [2.75, 3.05) is 19.8 Å². The van der Waals surface area contributed by atoms with Gasteiger partial charge in [-0.05, 0) is 18.2 Å². The lowest BCUT2D eigenvalue weighted by molar-refractivity contribution is 0.0903. The van der Waals surface area contributed by atoms with E-state index in [4.69, 9.17) is 9.47 Å². The Labute approximate surface area is 127 Å². The third-order valence-corrected chi connectivity index (χ3v) is 3.31. The molecule has 0 bridgehead atoms.